The van der Waals surface area contributed by atoms with Crippen LogP contribution in [0.4, 0.5) is 0 Å². The van der Waals surface area contributed by atoms with E-state index in [0.717, 1.165) is 25.2 Å². The summed E-state index contributed by atoms with van der Waals surface area (Å²) >= 11 is 1.36. The molecule has 1 aromatic carbocycles. The Hall–Kier alpha value is -2.55. The largest absolute Gasteiger partial charge is 0.373 e. The number of fused-ring (bicyclic) bond motifs is 1. The molecule has 7 nitrogen and oxygen atoms in total. The second-order valence-electron chi connectivity index (χ2n) is 7.48. The summed E-state index contributed by atoms with van der Waals surface area (Å²) in [5.41, 5.74) is 1.91. The molecule has 1 fully saturated rings. The quantitative estimate of drug-likeness (QED) is 0.696. The van der Waals surface area contributed by atoms with Gasteiger partial charge in [0.1, 0.15) is 5.56 Å². The van der Waals surface area contributed by atoms with Crippen molar-refractivity contribution < 1.29 is 9.53 Å². The van der Waals surface area contributed by atoms with Crippen molar-refractivity contribution in [2.24, 2.45) is 0 Å². The Kier molecular flexibility index (Phi) is 5.75. The number of aromatic nitrogens is 2. The molecule has 1 N–H and O–H groups in total. The summed E-state index contributed by atoms with van der Waals surface area (Å²) in [7, 11) is 0. The van der Waals surface area contributed by atoms with Crippen molar-refractivity contribution in [1.82, 2.24) is 19.6 Å². The molecule has 8 heteroatoms. The highest BCUT2D eigenvalue weighted by atomic mass is 32.1. The standard InChI is InChI=1S/C21H24N4O3S/c1-14-11-24(12-15(2)28-14)13-17-5-3-16(4-6-17)9-22-19(26)18-10-23-21-25(20(18)27)7-8-29-21/h3-8,10,14-15H,9,11-13H2,1-2H3,(H,22,26)/t14-,15+. The normalized spacial score (nSPS) is 20.1. The molecule has 0 spiro atoms. The molecule has 3 heterocycles. The van der Waals surface area contributed by atoms with Crippen LogP contribution in [0.2, 0.25) is 0 Å². The molecule has 1 amide bonds. The lowest BCUT2D eigenvalue weighted by atomic mass is 10.1. The molecule has 1 aliphatic rings. The van der Waals surface area contributed by atoms with Gasteiger partial charge in [0.2, 0.25) is 0 Å². The van der Waals surface area contributed by atoms with Gasteiger partial charge >= 0.3 is 0 Å². The third kappa shape index (κ3) is 4.55. The van der Waals surface area contributed by atoms with E-state index in [-0.39, 0.29) is 23.3 Å². The van der Waals surface area contributed by atoms with Crippen LogP contribution in [0.15, 0.2) is 46.8 Å². The highest BCUT2D eigenvalue weighted by Crippen LogP contribution is 2.15. The van der Waals surface area contributed by atoms with Gasteiger partial charge < -0.3 is 10.1 Å². The van der Waals surface area contributed by atoms with Crippen molar-refractivity contribution in [2.75, 3.05) is 13.1 Å². The van der Waals surface area contributed by atoms with Crippen molar-refractivity contribution in [3.05, 3.63) is 69.1 Å². The number of rotatable bonds is 5. The maximum atomic E-state index is 12.4. The molecule has 0 saturated carbocycles. The Balaban J connectivity index is 1.35. The van der Waals surface area contributed by atoms with Crippen molar-refractivity contribution in [3.63, 3.8) is 0 Å². The first kappa shape index (κ1) is 19.8. The topological polar surface area (TPSA) is 75.9 Å². The van der Waals surface area contributed by atoms with Gasteiger partial charge in [0.05, 0.1) is 12.2 Å². The first-order valence-electron chi connectivity index (χ1n) is 9.68. The lowest BCUT2D eigenvalue weighted by molar-refractivity contribution is -0.0704. The van der Waals surface area contributed by atoms with Gasteiger partial charge in [0.25, 0.3) is 11.5 Å². The van der Waals surface area contributed by atoms with Crippen molar-refractivity contribution >= 4 is 22.2 Å². The van der Waals surface area contributed by atoms with Gasteiger partial charge in [0.15, 0.2) is 4.96 Å². The molecular weight excluding hydrogens is 388 g/mol. The Morgan fingerprint density at radius 3 is 2.62 bits per heavy atom. The van der Waals surface area contributed by atoms with Crippen LogP contribution >= 0.6 is 11.3 Å². The first-order chi connectivity index (χ1) is 14.0. The van der Waals surface area contributed by atoms with Crippen LogP contribution in [0.3, 0.4) is 0 Å². The van der Waals surface area contributed by atoms with E-state index in [1.54, 1.807) is 11.6 Å². The second kappa shape index (κ2) is 8.44. The van der Waals surface area contributed by atoms with E-state index < -0.39 is 5.91 Å². The number of nitrogens with one attached hydrogen (secondary N) is 1. The summed E-state index contributed by atoms with van der Waals surface area (Å²) in [4.78, 5) is 31.9. The Morgan fingerprint density at radius 1 is 1.21 bits per heavy atom. The lowest BCUT2D eigenvalue weighted by Gasteiger charge is -2.35. The minimum absolute atomic E-state index is 0.0491. The number of carbonyl (C=O) groups is 1. The fourth-order valence-electron chi connectivity index (χ4n) is 3.69. The average Bonchev–Trinajstić information content (AvgIpc) is 3.16. The molecule has 3 aromatic rings. The number of morpholine rings is 1. The highest BCUT2D eigenvalue weighted by Gasteiger charge is 2.22. The highest BCUT2D eigenvalue weighted by molar-refractivity contribution is 7.15. The molecule has 4 rings (SSSR count). The number of hydrogen-bond acceptors (Lipinski definition) is 6. The molecule has 29 heavy (non-hydrogen) atoms. The molecule has 2 atom stereocenters. The van der Waals surface area contributed by atoms with Crippen LogP contribution in [-0.4, -0.2) is 45.5 Å². The summed E-state index contributed by atoms with van der Waals surface area (Å²) in [6, 6.07) is 8.19. The SMILES string of the molecule is C[C@@H]1CN(Cc2ccc(CNC(=O)c3cnc4sccn4c3=O)cc2)C[C@H](C)O1. The smallest absolute Gasteiger partial charge is 0.271 e. The van der Waals surface area contributed by atoms with Gasteiger partial charge in [0, 0.05) is 44.0 Å². The Morgan fingerprint density at radius 2 is 1.90 bits per heavy atom. The minimum Gasteiger partial charge on any atom is -0.373 e. The zero-order chi connectivity index (χ0) is 20.4. The van der Waals surface area contributed by atoms with E-state index in [0.29, 0.717) is 11.5 Å². The maximum Gasteiger partial charge on any atom is 0.271 e. The summed E-state index contributed by atoms with van der Waals surface area (Å²) in [5.74, 6) is -0.413. The molecule has 0 unspecified atom stereocenters. The molecule has 1 saturated heterocycles. The molecular formula is C21H24N4O3S. The van der Waals surface area contributed by atoms with Gasteiger partial charge in [-0.2, -0.15) is 0 Å². The average molecular weight is 413 g/mol. The predicted molar refractivity (Wildman–Crippen MR) is 112 cm³/mol. The van der Waals surface area contributed by atoms with Crippen LogP contribution in [-0.2, 0) is 17.8 Å². The fraction of sp³-hybridized carbons (Fsp3) is 0.381. The van der Waals surface area contributed by atoms with Crippen molar-refractivity contribution in [2.45, 2.75) is 39.1 Å². The number of benzene rings is 1. The van der Waals surface area contributed by atoms with Crippen LogP contribution in [0.5, 0.6) is 0 Å². The molecule has 0 aliphatic carbocycles. The van der Waals surface area contributed by atoms with Crippen LogP contribution in [0.1, 0.15) is 35.3 Å². The monoisotopic (exact) mass is 412 g/mol. The number of hydrogen-bond donors (Lipinski definition) is 1. The van der Waals surface area contributed by atoms with E-state index in [1.807, 2.05) is 12.1 Å². The van der Waals surface area contributed by atoms with E-state index >= 15 is 0 Å². The minimum atomic E-state index is -0.413. The van der Waals surface area contributed by atoms with Crippen LogP contribution in [0.25, 0.3) is 4.96 Å². The molecule has 1 aliphatic heterocycles. The summed E-state index contributed by atoms with van der Waals surface area (Å²) < 4.78 is 7.17. The van der Waals surface area contributed by atoms with E-state index in [9.17, 15) is 9.59 Å². The third-order valence-corrected chi connectivity index (χ3v) is 5.74. The zero-order valence-electron chi connectivity index (χ0n) is 16.5. The van der Waals surface area contributed by atoms with E-state index in [2.05, 4.69) is 41.2 Å². The summed E-state index contributed by atoms with van der Waals surface area (Å²) in [6.45, 7) is 7.31. The van der Waals surface area contributed by atoms with Crippen molar-refractivity contribution in [1.29, 1.82) is 0 Å². The van der Waals surface area contributed by atoms with E-state index in [1.165, 1.54) is 27.5 Å². The van der Waals surface area contributed by atoms with Gasteiger partial charge in [-0.3, -0.25) is 18.9 Å². The number of amides is 1. The van der Waals surface area contributed by atoms with E-state index in [4.69, 9.17) is 4.74 Å². The summed E-state index contributed by atoms with van der Waals surface area (Å²) in [6.07, 6.45) is 3.47. The lowest BCUT2D eigenvalue weighted by Crippen LogP contribution is -2.44. The number of thiazole rings is 1. The molecule has 0 radical (unpaired) electrons. The predicted octanol–water partition coefficient (Wildman–Crippen LogP) is 2.30. The van der Waals surface area contributed by atoms with Crippen LogP contribution < -0.4 is 10.9 Å². The third-order valence-electron chi connectivity index (χ3n) is 4.96. The van der Waals surface area contributed by atoms with Gasteiger partial charge in [-0.1, -0.05) is 24.3 Å². The second-order valence-corrected chi connectivity index (χ2v) is 8.36. The Labute approximate surface area is 173 Å². The van der Waals surface area contributed by atoms with Crippen LogP contribution in [0, 0.1) is 0 Å². The molecule has 152 valence electrons. The van der Waals surface area contributed by atoms with Gasteiger partial charge in [-0.25, -0.2) is 4.98 Å². The first-order valence-corrected chi connectivity index (χ1v) is 10.6. The van der Waals surface area contributed by atoms with Crippen molar-refractivity contribution in [3.8, 4) is 0 Å². The zero-order valence-corrected chi connectivity index (χ0v) is 17.3. The molecule has 0 bridgehead atoms. The fourth-order valence-corrected chi connectivity index (χ4v) is 4.37. The Bertz CT molecular complexity index is 1050. The number of carbonyl (C=O) groups excluding carboxylic acids is 1. The molecule has 2 aromatic heterocycles. The summed E-state index contributed by atoms with van der Waals surface area (Å²) in [5, 5.41) is 4.58. The van der Waals surface area contributed by atoms with Gasteiger partial charge in [-0.05, 0) is 25.0 Å². The number of nitrogens with zero attached hydrogens (tertiary/aromatic N) is 3. The number of ether oxygens (including phenoxy) is 1. The van der Waals surface area contributed by atoms with Gasteiger partial charge in [-0.15, -0.1) is 11.3 Å². The maximum absolute atomic E-state index is 12.4.